The number of carbonyl (C=O) groups excluding carboxylic acids is 2. The van der Waals surface area contributed by atoms with Crippen molar-refractivity contribution in [2.75, 3.05) is 5.01 Å². The maximum atomic E-state index is 12.4. The Labute approximate surface area is 129 Å². The number of nitrogens with zero attached hydrogens (tertiary/aromatic N) is 1. The molecule has 1 saturated heterocycles. The quantitative estimate of drug-likeness (QED) is 0.698. The lowest BCUT2D eigenvalue weighted by Gasteiger charge is -2.13. The zero-order valence-electron chi connectivity index (χ0n) is 12.2. The van der Waals surface area contributed by atoms with E-state index in [4.69, 9.17) is 0 Å². The summed E-state index contributed by atoms with van der Waals surface area (Å²) in [5.41, 5.74) is 5.44. The van der Waals surface area contributed by atoms with Crippen LogP contribution in [0, 0.1) is 0 Å². The first kappa shape index (κ1) is 14.1. The highest BCUT2D eigenvalue weighted by Gasteiger charge is 2.34. The van der Waals surface area contributed by atoms with Gasteiger partial charge in [0.2, 0.25) is 0 Å². The van der Waals surface area contributed by atoms with E-state index in [1.807, 2.05) is 42.5 Å². The minimum Gasteiger partial charge on any atom is -0.267 e. The highest BCUT2D eigenvalue weighted by molar-refractivity contribution is 6.31. The summed E-state index contributed by atoms with van der Waals surface area (Å²) in [4.78, 5) is 24.5. The number of para-hydroxylation sites is 1. The number of rotatable bonds is 3. The standard InChI is InChI=1S/C18H16N2O2/c1-2-13-8-10-14(11-9-13)12-16-17(21)19-20(18(16)22)15-6-4-3-5-7-15/h3-12H,2H2,1H3,(H,19,21)/b16-12-. The highest BCUT2D eigenvalue weighted by Crippen LogP contribution is 2.21. The molecule has 0 aliphatic carbocycles. The number of amides is 2. The lowest BCUT2D eigenvalue weighted by Crippen LogP contribution is -2.35. The topological polar surface area (TPSA) is 49.4 Å². The Bertz CT molecular complexity index is 733. The number of hydrazine groups is 1. The molecular weight excluding hydrogens is 276 g/mol. The van der Waals surface area contributed by atoms with Gasteiger partial charge in [-0.1, -0.05) is 49.4 Å². The minimum absolute atomic E-state index is 0.146. The summed E-state index contributed by atoms with van der Waals surface area (Å²) in [5, 5.41) is 1.27. The number of hydrogen-bond donors (Lipinski definition) is 1. The Hall–Kier alpha value is -2.88. The van der Waals surface area contributed by atoms with Gasteiger partial charge in [-0.2, -0.15) is 0 Å². The molecule has 0 unspecified atom stereocenters. The first-order valence-corrected chi connectivity index (χ1v) is 7.20. The van der Waals surface area contributed by atoms with Crippen molar-refractivity contribution in [3.8, 4) is 0 Å². The Morgan fingerprint density at radius 1 is 1.00 bits per heavy atom. The monoisotopic (exact) mass is 292 g/mol. The van der Waals surface area contributed by atoms with Gasteiger partial charge < -0.3 is 0 Å². The third-order valence-corrected chi connectivity index (χ3v) is 3.60. The van der Waals surface area contributed by atoms with Crippen LogP contribution in [0.1, 0.15) is 18.1 Å². The first-order valence-electron chi connectivity index (χ1n) is 7.20. The molecule has 2 amide bonds. The van der Waals surface area contributed by atoms with Crippen LogP contribution in [0.4, 0.5) is 5.69 Å². The first-order chi connectivity index (χ1) is 10.7. The maximum Gasteiger partial charge on any atom is 0.282 e. The van der Waals surface area contributed by atoms with Crippen LogP contribution in [0.25, 0.3) is 6.08 Å². The number of benzene rings is 2. The molecule has 3 rings (SSSR count). The number of nitrogens with one attached hydrogen (secondary N) is 1. The van der Waals surface area contributed by atoms with Gasteiger partial charge in [-0.05, 0) is 35.8 Å². The molecule has 2 aromatic rings. The molecule has 0 aromatic heterocycles. The third-order valence-electron chi connectivity index (χ3n) is 3.60. The SMILES string of the molecule is CCc1ccc(/C=C2/C(=O)NN(c3ccccc3)C2=O)cc1. The van der Waals surface area contributed by atoms with Gasteiger partial charge in [0.1, 0.15) is 5.57 Å². The van der Waals surface area contributed by atoms with Crippen LogP contribution in [-0.4, -0.2) is 11.8 Å². The van der Waals surface area contributed by atoms with E-state index in [-0.39, 0.29) is 17.4 Å². The zero-order chi connectivity index (χ0) is 15.5. The Balaban J connectivity index is 1.89. The predicted octanol–water partition coefficient (Wildman–Crippen LogP) is 2.71. The van der Waals surface area contributed by atoms with E-state index in [0.717, 1.165) is 12.0 Å². The van der Waals surface area contributed by atoms with Crippen molar-refractivity contribution in [1.82, 2.24) is 5.43 Å². The number of carbonyl (C=O) groups is 2. The summed E-state index contributed by atoms with van der Waals surface area (Å²) in [6, 6.07) is 16.9. The van der Waals surface area contributed by atoms with Gasteiger partial charge in [-0.15, -0.1) is 0 Å². The summed E-state index contributed by atoms with van der Waals surface area (Å²) in [6.07, 6.45) is 2.58. The lowest BCUT2D eigenvalue weighted by atomic mass is 10.1. The highest BCUT2D eigenvalue weighted by atomic mass is 16.2. The van der Waals surface area contributed by atoms with Crippen molar-refractivity contribution in [3.63, 3.8) is 0 Å². The Kier molecular flexibility index (Phi) is 3.74. The largest absolute Gasteiger partial charge is 0.282 e. The van der Waals surface area contributed by atoms with Crippen molar-refractivity contribution >= 4 is 23.6 Å². The summed E-state index contributed by atoms with van der Waals surface area (Å²) in [7, 11) is 0. The molecule has 0 spiro atoms. The molecule has 0 radical (unpaired) electrons. The predicted molar refractivity (Wildman–Crippen MR) is 85.9 cm³/mol. The van der Waals surface area contributed by atoms with Crippen molar-refractivity contribution in [2.45, 2.75) is 13.3 Å². The maximum absolute atomic E-state index is 12.4. The molecule has 1 heterocycles. The number of aryl methyl sites for hydroxylation is 1. The van der Waals surface area contributed by atoms with Crippen molar-refractivity contribution in [2.24, 2.45) is 0 Å². The second kappa shape index (κ2) is 5.85. The molecule has 1 aliphatic rings. The van der Waals surface area contributed by atoms with Crippen LogP contribution in [0.3, 0.4) is 0 Å². The van der Waals surface area contributed by atoms with Gasteiger partial charge in [0.25, 0.3) is 11.8 Å². The van der Waals surface area contributed by atoms with E-state index < -0.39 is 0 Å². The second-order valence-corrected chi connectivity index (χ2v) is 5.07. The number of hydrogen-bond acceptors (Lipinski definition) is 2. The van der Waals surface area contributed by atoms with Gasteiger partial charge in [0.05, 0.1) is 5.69 Å². The fourth-order valence-electron chi connectivity index (χ4n) is 2.33. The van der Waals surface area contributed by atoms with Crippen LogP contribution < -0.4 is 10.4 Å². The van der Waals surface area contributed by atoms with E-state index in [2.05, 4.69) is 12.3 Å². The molecule has 0 saturated carbocycles. The molecule has 1 N–H and O–H groups in total. The molecule has 22 heavy (non-hydrogen) atoms. The molecule has 110 valence electrons. The number of anilines is 1. The summed E-state index contributed by atoms with van der Waals surface area (Å²) >= 11 is 0. The molecule has 0 atom stereocenters. The van der Waals surface area contributed by atoms with Crippen LogP contribution in [-0.2, 0) is 16.0 Å². The lowest BCUT2D eigenvalue weighted by molar-refractivity contribution is -0.117. The fraction of sp³-hybridized carbons (Fsp3) is 0.111. The second-order valence-electron chi connectivity index (χ2n) is 5.07. The van der Waals surface area contributed by atoms with Gasteiger partial charge >= 0.3 is 0 Å². The Morgan fingerprint density at radius 3 is 2.32 bits per heavy atom. The van der Waals surface area contributed by atoms with E-state index in [1.165, 1.54) is 10.6 Å². The fourth-order valence-corrected chi connectivity index (χ4v) is 2.33. The van der Waals surface area contributed by atoms with Crippen LogP contribution in [0.5, 0.6) is 0 Å². The molecule has 1 aliphatic heterocycles. The van der Waals surface area contributed by atoms with Gasteiger partial charge in [-0.25, -0.2) is 5.01 Å². The smallest absolute Gasteiger partial charge is 0.267 e. The van der Waals surface area contributed by atoms with Crippen molar-refractivity contribution in [3.05, 3.63) is 71.3 Å². The van der Waals surface area contributed by atoms with Crippen LogP contribution >= 0.6 is 0 Å². The third kappa shape index (κ3) is 2.63. The molecule has 4 nitrogen and oxygen atoms in total. The average molecular weight is 292 g/mol. The summed E-state index contributed by atoms with van der Waals surface area (Å²) in [5.74, 6) is -0.718. The van der Waals surface area contributed by atoms with E-state index in [0.29, 0.717) is 5.69 Å². The van der Waals surface area contributed by atoms with Gasteiger partial charge in [-0.3, -0.25) is 15.0 Å². The zero-order valence-corrected chi connectivity index (χ0v) is 12.2. The molecule has 0 bridgehead atoms. The van der Waals surface area contributed by atoms with Gasteiger partial charge in [0, 0.05) is 0 Å². The summed E-state index contributed by atoms with van der Waals surface area (Å²) < 4.78 is 0. The molecule has 1 fully saturated rings. The van der Waals surface area contributed by atoms with E-state index in [1.54, 1.807) is 18.2 Å². The Morgan fingerprint density at radius 2 is 1.68 bits per heavy atom. The van der Waals surface area contributed by atoms with E-state index >= 15 is 0 Å². The van der Waals surface area contributed by atoms with Crippen molar-refractivity contribution < 1.29 is 9.59 Å². The normalized spacial score (nSPS) is 16.2. The molecule has 2 aromatic carbocycles. The van der Waals surface area contributed by atoms with Gasteiger partial charge in [0.15, 0.2) is 0 Å². The summed E-state index contributed by atoms with van der Waals surface area (Å²) in [6.45, 7) is 2.08. The van der Waals surface area contributed by atoms with Crippen molar-refractivity contribution in [1.29, 1.82) is 0 Å². The van der Waals surface area contributed by atoms with Crippen LogP contribution in [0.15, 0.2) is 60.2 Å². The molecular formula is C18H16N2O2. The van der Waals surface area contributed by atoms with E-state index in [9.17, 15) is 9.59 Å². The minimum atomic E-state index is -0.381. The molecule has 4 heteroatoms. The average Bonchev–Trinajstić information content (AvgIpc) is 2.84. The van der Waals surface area contributed by atoms with Crippen LogP contribution in [0.2, 0.25) is 0 Å².